The Morgan fingerprint density at radius 1 is 1.25 bits per heavy atom. The first-order chi connectivity index (χ1) is 11.6. The lowest BCUT2D eigenvalue weighted by atomic mass is 9.66. The maximum atomic E-state index is 12.4. The highest BCUT2D eigenvalue weighted by Crippen LogP contribution is 2.45. The molecular formula is C18H32INO4. The van der Waals surface area contributed by atoms with Crippen LogP contribution >= 0.6 is 23.0 Å². The molecule has 0 aromatic rings. The van der Waals surface area contributed by atoms with Gasteiger partial charge in [0.15, 0.2) is 0 Å². The van der Waals surface area contributed by atoms with Crippen LogP contribution in [-0.2, 0) is 17.3 Å². The van der Waals surface area contributed by atoms with Crippen molar-refractivity contribution in [2.24, 2.45) is 5.41 Å². The Morgan fingerprint density at radius 2 is 1.96 bits per heavy atom. The summed E-state index contributed by atoms with van der Waals surface area (Å²) < 4.78 is 16.2. The fourth-order valence-electron chi connectivity index (χ4n) is 3.56. The van der Waals surface area contributed by atoms with Crippen LogP contribution in [0.15, 0.2) is 0 Å². The minimum absolute atomic E-state index is 0.255. The highest BCUT2D eigenvalue weighted by atomic mass is 127. The van der Waals surface area contributed by atoms with Gasteiger partial charge in [-0.05, 0) is 50.4 Å². The van der Waals surface area contributed by atoms with Crippen LogP contribution in [-0.4, -0.2) is 56.9 Å². The van der Waals surface area contributed by atoms with Gasteiger partial charge in [0.25, 0.3) is 0 Å². The van der Waals surface area contributed by atoms with Gasteiger partial charge in [-0.15, -0.1) is 0 Å². The van der Waals surface area contributed by atoms with Crippen molar-refractivity contribution in [3.8, 4) is 0 Å². The van der Waals surface area contributed by atoms with Crippen LogP contribution in [0.25, 0.3) is 0 Å². The number of rotatable bonds is 12. The fourth-order valence-corrected chi connectivity index (χ4v) is 3.98. The van der Waals surface area contributed by atoms with E-state index in [4.69, 9.17) is 12.5 Å². The summed E-state index contributed by atoms with van der Waals surface area (Å²) in [5.41, 5.74) is 0.255. The first-order valence-corrected chi connectivity index (χ1v) is 10.1. The number of unbranched alkanes of at least 4 members (excludes halogenated alkanes) is 1. The largest absolute Gasteiger partial charge is 0.385 e. The molecule has 2 rings (SSSR count). The van der Waals surface area contributed by atoms with Gasteiger partial charge in [0.1, 0.15) is 23.0 Å². The van der Waals surface area contributed by atoms with E-state index in [9.17, 15) is 4.79 Å². The van der Waals surface area contributed by atoms with E-state index in [0.717, 1.165) is 51.9 Å². The van der Waals surface area contributed by atoms with Crippen molar-refractivity contribution in [1.29, 1.82) is 0 Å². The number of hydrogen-bond acceptors (Lipinski definition) is 4. The van der Waals surface area contributed by atoms with E-state index in [1.807, 2.05) is 35.0 Å². The molecule has 0 atom stereocenters. The quantitative estimate of drug-likeness (QED) is 0.334. The molecule has 0 saturated heterocycles. The van der Waals surface area contributed by atoms with Gasteiger partial charge >= 0.3 is 0 Å². The van der Waals surface area contributed by atoms with Gasteiger partial charge in [0.2, 0.25) is 5.91 Å². The monoisotopic (exact) mass is 453 g/mol. The third-order valence-corrected chi connectivity index (χ3v) is 6.43. The summed E-state index contributed by atoms with van der Waals surface area (Å²) in [6, 6.07) is 0.367. The summed E-state index contributed by atoms with van der Waals surface area (Å²) >= 11 is 1.95. The number of carbonyl (C=O) groups excluding carboxylic acids is 1. The number of nitrogens with zero attached hydrogens (tertiary/aromatic N) is 1. The summed E-state index contributed by atoms with van der Waals surface area (Å²) in [6.45, 7) is 2.42. The molecule has 0 aromatic heterocycles. The van der Waals surface area contributed by atoms with E-state index in [1.54, 1.807) is 7.11 Å². The highest BCUT2D eigenvalue weighted by Gasteiger charge is 2.39. The smallest absolute Gasteiger partial charge is 0.222 e. The third kappa shape index (κ3) is 5.81. The lowest BCUT2D eigenvalue weighted by Crippen LogP contribution is -2.48. The van der Waals surface area contributed by atoms with E-state index in [-0.39, 0.29) is 11.3 Å². The third-order valence-electron chi connectivity index (χ3n) is 5.72. The van der Waals surface area contributed by atoms with Crippen LogP contribution in [0, 0.1) is 5.41 Å². The first-order valence-electron chi connectivity index (χ1n) is 9.20. The number of methoxy groups -OCH3 is 1. The highest BCUT2D eigenvalue weighted by molar-refractivity contribution is 14.1. The standard InChI is InChI=1S/C18H32INO4/c1-20(15-12-16(13-15)24-19)17(21)6-9-18(7-5-8-18)14-23-11-4-3-10-22-2/h15-16H,3-14H2,1-2H3. The molecule has 2 aliphatic rings. The number of amides is 1. The van der Waals surface area contributed by atoms with Crippen LogP contribution in [0.5, 0.6) is 0 Å². The Labute approximate surface area is 160 Å². The van der Waals surface area contributed by atoms with Gasteiger partial charge in [-0.25, -0.2) is 0 Å². The maximum absolute atomic E-state index is 12.4. The van der Waals surface area contributed by atoms with Crippen molar-refractivity contribution in [3.63, 3.8) is 0 Å². The molecule has 6 heteroatoms. The van der Waals surface area contributed by atoms with Crippen LogP contribution in [0.3, 0.4) is 0 Å². The predicted octanol–water partition coefficient (Wildman–Crippen LogP) is 3.74. The molecule has 0 aromatic carbocycles. The lowest BCUT2D eigenvalue weighted by molar-refractivity contribution is -0.136. The van der Waals surface area contributed by atoms with Gasteiger partial charge in [-0.2, -0.15) is 0 Å². The molecule has 2 fully saturated rings. The predicted molar refractivity (Wildman–Crippen MR) is 102 cm³/mol. The van der Waals surface area contributed by atoms with Crippen molar-refractivity contribution in [2.45, 2.75) is 69.9 Å². The zero-order valence-corrected chi connectivity index (χ0v) is 17.3. The van der Waals surface area contributed by atoms with Crippen LogP contribution in [0.2, 0.25) is 0 Å². The molecule has 24 heavy (non-hydrogen) atoms. The molecule has 2 saturated carbocycles. The van der Waals surface area contributed by atoms with Crippen LogP contribution in [0.4, 0.5) is 0 Å². The molecule has 0 radical (unpaired) electrons. The summed E-state index contributed by atoms with van der Waals surface area (Å²) in [7, 11) is 3.67. The number of ether oxygens (including phenoxy) is 2. The van der Waals surface area contributed by atoms with Crippen LogP contribution < -0.4 is 0 Å². The molecule has 0 unspecified atom stereocenters. The minimum Gasteiger partial charge on any atom is -0.385 e. The van der Waals surface area contributed by atoms with Crippen molar-refractivity contribution < 1.29 is 17.3 Å². The van der Waals surface area contributed by atoms with Crippen molar-refractivity contribution in [3.05, 3.63) is 0 Å². The molecule has 2 aliphatic carbocycles. The Hall–Kier alpha value is 0.0800. The van der Waals surface area contributed by atoms with E-state index < -0.39 is 0 Å². The zero-order chi connectivity index (χ0) is 17.4. The van der Waals surface area contributed by atoms with Gasteiger partial charge in [0, 0.05) is 39.8 Å². The Kier molecular flexibility index (Phi) is 8.74. The van der Waals surface area contributed by atoms with Crippen LogP contribution in [0.1, 0.15) is 57.8 Å². The SMILES string of the molecule is COCCCCOCC1(CCC(=O)N(C)C2CC(OI)C2)CCC1. The lowest BCUT2D eigenvalue weighted by Gasteiger charge is -2.43. The molecule has 5 nitrogen and oxygen atoms in total. The molecule has 0 heterocycles. The van der Waals surface area contributed by atoms with Crippen molar-refractivity contribution in [1.82, 2.24) is 4.90 Å². The fraction of sp³-hybridized carbons (Fsp3) is 0.944. The average molecular weight is 453 g/mol. The number of halogens is 1. The first kappa shape index (κ1) is 20.4. The molecule has 1 amide bonds. The zero-order valence-electron chi connectivity index (χ0n) is 15.1. The molecule has 0 spiro atoms. The Balaban J connectivity index is 1.62. The second kappa shape index (κ2) is 10.3. The number of hydrogen-bond donors (Lipinski definition) is 0. The van der Waals surface area contributed by atoms with Crippen molar-refractivity contribution >= 4 is 28.9 Å². The van der Waals surface area contributed by atoms with E-state index in [1.165, 1.54) is 19.3 Å². The van der Waals surface area contributed by atoms with Gasteiger partial charge in [-0.1, -0.05) is 6.42 Å². The topological polar surface area (TPSA) is 48.0 Å². The molecular weight excluding hydrogens is 421 g/mol. The normalized spacial score (nSPS) is 25.0. The summed E-state index contributed by atoms with van der Waals surface area (Å²) in [6.07, 6.45) is 9.67. The van der Waals surface area contributed by atoms with E-state index in [0.29, 0.717) is 18.6 Å². The summed E-state index contributed by atoms with van der Waals surface area (Å²) in [5.74, 6) is 0.276. The Morgan fingerprint density at radius 3 is 2.54 bits per heavy atom. The Bertz CT molecular complexity index is 383. The van der Waals surface area contributed by atoms with E-state index in [2.05, 4.69) is 0 Å². The van der Waals surface area contributed by atoms with Gasteiger partial charge < -0.3 is 17.4 Å². The molecule has 140 valence electrons. The number of carbonyl (C=O) groups is 1. The molecule has 0 aliphatic heterocycles. The van der Waals surface area contributed by atoms with Gasteiger partial charge in [-0.3, -0.25) is 4.79 Å². The molecule has 0 bridgehead atoms. The summed E-state index contributed by atoms with van der Waals surface area (Å²) in [4.78, 5) is 14.4. The summed E-state index contributed by atoms with van der Waals surface area (Å²) in [5, 5.41) is 0. The molecule has 0 N–H and O–H groups in total. The second-order valence-electron chi connectivity index (χ2n) is 7.45. The average Bonchev–Trinajstić information content (AvgIpc) is 2.50. The van der Waals surface area contributed by atoms with E-state index >= 15 is 0 Å². The maximum Gasteiger partial charge on any atom is 0.222 e. The minimum atomic E-state index is 0.255. The second-order valence-corrected chi connectivity index (χ2v) is 7.96. The van der Waals surface area contributed by atoms with Crippen molar-refractivity contribution in [2.75, 3.05) is 34.0 Å². The van der Waals surface area contributed by atoms with Gasteiger partial charge in [0.05, 0.1) is 12.7 Å².